The van der Waals surface area contributed by atoms with Crippen LogP contribution in [0.1, 0.15) is 49.9 Å². The maximum absolute atomic E-state index is 5.23. The normalized spacial score (nSPS) is 15.9. The number of hydrogen-bond donors (Lipinski definition) is 0. The lowest BCUT2D eigenvalue weighted by Crippen LogP contribution is -2.31. The van der Waals surface area contributed by atoms with Gasteiger partial charge in [0.2, 0.25) is 0 Å². The minimum Gasteiger partial charge on any atom is -0.294 e. The Morgan fingerprint density at radius 1 is 0.405 bits per heavy atom. The average Bonchev–Trinajstić information content (AvgIpc) is 3.01. The molecule has 0 amide bonds. The topological polar surface area (TPSA) is 32.3 Å². The number of aromatic nitrogens is 2. The molecule has 6 aromatic rings. The fourth-order valence-corrected chi connectivity index (χ4v) is 7.06. The molecule has 42 heavy (non-hydrogen) atoms. The molecular formula is C38H32N4. The van der Waals surface area contributed by atoms with E-state index < -0.39 is 0 Å². The summed E-state index contributed by atoms with van der Waals surface area (Å²) in [5.41, 5.74) is 10.3. The highest BCUT2D eigenvalue weighted by molar-refractivity contribution is 5.90. The second kappa shape index (κ2) is 8.77. The quantitative estimate of drug-likeness (QED) is 0.217. The van der Waals surface area contributed by atoms with E-state index in [0.717, 1.165) is 45.4 Å². The van der Waals surface area contributed by atoms with Gasteiger partial charge in [0.1, 0.15) is 11.6 Å². The summed E-state index contributed by atoms with van der Waals surface area (Å²) in [6.07, 6.45) is 0. The van der Waals surface area contributed by atoms with Crippen molar-refractivity contribution < 1.29 is 0 Å². The molecule has 0 spiro atoms. The van der Waals surface area contributed by atoms with E-state index in [9.17, 15) is 0 Å². The van der Waals surface area contributed by atoms with E-state index in [1.807, 2.05) is 0 Å². The van der Waals surface area contributed by atoms with Crippen LogP contribution in [0, 0.1) is 0 Å². The molecular weight excluding hydrogens is 512 g/mol. The molecule has 4 heteroatoms. The van der Waals surface area contributed by atoms with Gasteiger partial charge in [0.15, 0.2) is 5.65 Å². The number of nitrogens with zero attached hydrogens (tertiary/aromatic N) is 4. The molecule has 0 bridgehead atoms. The Labute approximate surface area is 246 Å². The summed E-state index contributed by atoms with van der Waals surface area (Å²) in [7, 11) is 0. The third kappa shape index (κ3) is 3.41. The smallest absolute Gasteiger partial charge is 0.163 e. The van der Waals surface area contributed by atoms with Crippen LogP contribution in [0.5, 0.6) is 0 Å². The third-order valence-corrected chi connectivity index (χ3v) is 9.25. The van der Waals surface area contributed by atoms with Crippen LogP contribution in [-0.4, -0.2) is 9.97 Å². The highest BCUT2D eigenvalue weighted by atomic mass is 15.2. The zero-order valence-corrected chi connectivity index (χ0v) is 24.3. The summed E-state index contributed by atoms with van der Waals surface area (Å²) in [6, 6.07) is 43.2. The molecule has 0 unspecified atom stereocenters. The van der Waals surface area contributed by atoms with E-state index >= 15 is 0 Å². The second-order valence-electron chi connectivity index (χ2n) is 12.4. The summed E-state index contributed by atoms with van der Waals surface area (Å²) in [5.74, 6) is 1.73. The fourth-order valence-electron chi connectivity index (χ4n) is 7.06. The van der Waals surface area contributed by atoms with Gasteiger partial charge < -0.3 is 0 Å². The van der Waals surface area contributed by atoms with Crippen molar-refractivity contribution in [3.8, 4) is 0 Å². The standard InChI is InChI=1S/C38H32N4/c1-37(2)26-13-5-9-17-30(26)41(31-18-10-6-14-27(31)37)34-23-21-25-22-24-35(40-36(25)39-34)42-32-19-11-7-15-28(32)38(3,4)29-16-8-12-20-33(29)42/h5-24H,1-4H3. The molecule has 204 valence electrons. The molecule has 8 rings (SSSR count). The summed E-state index contributed by atoms with van der Waals surface area (Å²) >= 11 is 0. The zero-order valence-electron chi connectivity index (χ0n) is 24.3. The highest BCUT2D eigenvalue weighted by Crippen LogP contribution is 2.53. The zero-order chi connectivity index (χ0) is 28.6. The predicted octanol–water partition coefficient (Wildman–Crippen LogP) is 9.85. The van der Waals surface area contributed by atoms with E-state index in [1.165, 1.54) is 22.3 Å². The Balaban J connectivity index is 1.31. The van der Waals surface area contributed by atoms with Crippen molar-refractivity contribution in [2.75, 3.05) is 9.80 Å². The maximum Gasteiger partial charge on any atom is 0.163 e. The fraction of sp³-hybridized carbons (Fsp3) is 0.158. The van der Waals surface area contributed by atoms with Crippen LogP contribution in [0.3, 0.4) is 0 Å². The molecule has 0 saturated heterocycles. The van der Waals surface area contributed by atoms with E-state index in [0.29, 0.717) is 0 Å². The molecule has 0 radical (unpaired) electrons. The van der Waals surface area contributed by atoms with Gasteiger partial charge in [-0.2, -0.15) is 0 Å². The number of hydrogen-bond acceptors (Lipinski definition) is 4. The van der Waals surface area contributed by atoms with Crippen LogP contribution < -0.4 is 9.80 Å². The number of para-hydroxylation sites is 4. The van der Waals surface area contributed by atoms with E-state index in [4.69, 9.17) is 9.97 Å². The first-order chi connectivity index (χ1) is 20.4. The Bertz CT molecular complexity index is 1780. The molecule has 0 atom stereocenters. The van der Waals surface area contributed by atoms with Gasteiger partial charge in [-0.1, -0.05) is 100 Å². The molecule has 2 aliphatic rings. The largest absolute Gasteiger partial charge is 0.294 e. The Morgan fingerprint density at radius 2 is 0.714 bits per heavy atom. The van der Waals surface area contributed by atoms with Crippen LogP contribution in [0.15, 0.2) is 121 Å². The molecule has 2 aliphatic heterocycles. The third-order valence-electron chi connectivity index (χ3n) is 9.25. The number of fused-ring (bicyclic) bond motifs is 5. The van der Waals surface area contributed by atoms with Crippen molar-refractivity contribution in [2.45, 2.75) is 38.5 Å². The predicted molar refractivity (Wildman–Crippen MR) is 173 cm³/mol. The summed E-state index contributed by atoms with van der Waals surface area (Å²) in [4.78, 5) is 15.0. The van der Waals surface area contributed by atoms with Crippen molar-refractivity contribution >= 4 is 45.4 Å². The summed E-state index contributed by atoms with van der Waals surface area (Å²) in [5, 5.41) is 1.01. The van der Waals surface area contributed by atoms with Crippen LogP contribution >= 0.6 is 0 Å². The molecule has 4 heterocycles. The lowest BCUT2D eigenvalue weighted by atomic mass is 9.73. The van der Waals surface area contributed by atoms with Gasteiger partial charge in [0.05, 0.1) is 22.7 Å². The molecule has 0 fully saturated rings. The minimum atomic E-state index is -0.116. The van der Waals surface area contributed by atoms with Crippen molar-refractivity contribution in [1.82, 2.24) is 9.97 Å². The molecule has 4 aromatic carbocycles. The Hall–Kier alpha value is -4.96. The number of rotatable bonds is 2. The van der Waals surface area contributed by atoms with Crippen molar-refractivity contribution in [1.29, 1.82) is 0 Å². The van der Waals surface area contributed by atoms with Crippen LogP contribution in [0.2, 0.25) is 0 Å². The van der Waals surface area contributed by atoms with Gasteiger partial charge in [-0.05, 0) is 70.8 Å². The second-order valence-corrected chi connectivity index (χ2v) is 12.4. The Morgan fingerprint density at radius 3 is 1.05 bits per heavy atom. The van der Waals surface area contributed by atoms with E-state index in [-0.39, 0.29) is 10.8 Å². The number of anilines is 6. The lowest BCUT2D eigenvalue weighted by molar-refractivity contribution is 0.631. The first-order valence-corrected chi connectivity index (χ1v) is 14.6. The van der Waals surface area contributed by atoms with Gasteiger partial charge in [-0.15, -0.1) is 0 Å². The number of pyridine rings is 2. The Kier molecular flexibility index (Phi) is 5.18. The van der Waals surface area contributed by atoms with E-state index in [1.54, 1.807) is 0 Å². The number of benzene rings is 4. The first-order valence-electron chi connectivity index (χ1n) is 14.6. The van der Waals surface area contributed by atoms with Crippen LogP contribution in [0.4, 0.5) is 34.4 Å². The van der Waals surface area contributed by atoms with E-state index in [2.05, 4.69) is 159 Å². The minimum absolute atomic E-state index is 0.116. The van der Waals surface area contributed by atoms with Crippen molar-refractivity contribution in [3.63, 3.8) is 0 Å². The summed E-state index contributed by atoms with van der Waals surface area (Å²) in [6.45, 7) is 9.22. The lowest BCUT2D eigenvalue weighted by Gasteiger charge is -2.41. The molecule has 2 aromatic heterocycles. The van der Waals surface area contributed by atoms with Crippen LogP contribution in [-0.2, 0) is 10.8 Å². The molecule has 0 saturated carbocycles. The first kappa shape index (κ1) is 24.8. The highest BCUT2D eigenvalue weighted by Gasteiger charge is 2.38. The molecule has 4 nitrogen and oxygen atoms in total. The SMILES string of the molecule is CC1(C)c2ccccc2N(c2ccc3ccc(N4c5ccccc5C(C)(C)c5ccccc54)nc3n2)c2ccccc21. The van der Waals surface area contributed by atoms with Gasteiger partial charge in [-0.3, -0.25) is 9.80 Å². The van der Waals surface area contributed by atoms with Crippen LogP contribution in [0.25, 0.3) is 11.0 Å². The van der Waals surface area contributed by atoms with Gasteiger partial charge in [-0.25, -0.2) is 9.97 Å². The van der Waals surface area contributed by atoms with Gasteiger partial charge in [0, 0.05) is 16.2 Å². The van der Waals surface area contributed by atoms with Crippen molar-refractivity contribution in [3.05, 3.63) is 144 Å². The molecule has 0 aliphatic carbocycles. The average molecular weight is 545 g/mol. The van der Waals surface area contributed by atoms with Crippen molar-refractivity contribution in [2.24, 2.45) is 0 Å². The monoisotopic (exact) mass is 544 g/mol. The summed E-state index contributed by atoms with van der Waals surface area (Å²) < 4.78 is 0. The van der Waals surface area contributed by atoms with Gasteiger partial charge in [0.25, 0.3) is 0 Å². The molecule has 0 N–H and O–H groups in total. The maximum atomic E-state index is 5.23. The van der Waals surface area contributed by atoms with Gasteiger partial charge >= 0.3 is 0 Å².